The zero-order valence-corrected chi connectivity index (χ0v) is 10.5. The van der Waals surface area contributed by atoms with Crippen LogP contribution >= 0.6 is 0 Å². The van der Waals surface area contributed by atoms with Gasteiger partial charge in [0.2, 0.25) is 5.88 Å². The topological polar surface area (TPSA) is 90.1 Å². The molecule has 2 rings (SSSR count). The molecule has 0 atom stereocenters. The van der Waals surface area contributed by atoms with Gasteiger partial charge in [0.25, 0.3) is 5.91 Å². The fraction of sp³-hybridized carbons (Fsp3) is 0.154. The third-order valence-corrected chi connectivity index (χ3v) is 2.47. The van der Waals surface area contributed by atoms with E-state index in [-0.39, 0.29) is 11.6 Å². The van der Waals surface area contributed by atoms with Crippen LogP contribution in [0.4, 0.5) is 5.69 Å². The van der Waals surface area contributed by atoms with Gasteiger partial charge in [-0.1, -0.05) is 12.1 Å². The molecule has 0 radical (unpaired) electrons. The number of anilines is 1. The molecule has 0 aliphatic heterocycles. The molecule has 2 aromatic rings. The second-order valence-electron chi connectivity index (χ2n) is 3.87. The molecule has 0 bridgehead atoms. The molecule has 0 unspecified atom stereocenters. The van der Waals surface area contributed by atoms with E-state index in [0.29, 0.717) is 18.2 Å². The Morgan fingerprint density at radius 1 is 1.21 bits per heavy atom. The monoisotopic (exact) mass is 258 g/mol. The third kappa shape index (κ3) is 3.41. The maximum Gasteiger partial charge on any atom is 0.271 e. The van der Waals surface area contributed by atoms with Gasteiger partial charge in [0.05, 0.1) is 0 Å². The number of amides is 1. The molecular formula is C13H14N4O2. The van der Waals surface area contributed by atoms with E-state index in [1.165, 1.54) is 7.05 Å². The molecule has 0 aliphatic rings. The minimum absolute atomic E-state index is 0.252. The number of nitrogens with zero attached hydrogens (tertiary/aromatic N) is 2. The highest BCUT2D eigenvalue weighted by Gasteiger charge is 2.05. The van der Waals surface area contributed by atoms with E-state index in [0.717, 1.165) is 5.56 Å². The summed E-state index contributed by atoms with van der Waals surface area (Å²) in [5.74, 6) is 0.0852. The van der Waals surface area contributed by atoms with Crippen molar-refractivity contribution in [2.24, 2.45) is 0 Å². The largest absolute Gasteiger partial charge is 0.472 e. The molecule has 0 spiro atoms. The van der Waals surface area contributed by atoms with Gasteiger partial charge in [0, 0.05) is 18.8 Å². The summed E-state index contributed by atoms with van der Waals surface area (Å²) in [6.45, 7) is 0.369. The van der Waals surface area contributed by atoms with Crippen LogP contribution in [-0.2, 0) is 6.61 Å². The van der Waals surface area contributed by atoms with E-state index >= 15 is 0 Å². The number of carbonyl (C=O) groups excluding carboxylic acids is 1. The molecule has 0 saturated carbocycles. The van der Waals surface area contributed by atoms with Gasteiger partial charge >= 0.3 is 0 Å². The summed E-state index contributed by atoms with van der Waals surface area (Å²) >= 11 is 0. The van der Waals surface area contributed by atoms with Crippen molar-refractivity contribution in [3.8, 4) is 5.88 Å². The van der Waals surface area contributed by atoms with E-state index in [9.17, 15) is 4.79 Å². The number of ether oxygens (including phenoxy) is 1. The van der Waals surface area contributed by atoms with Crippen LogP contribution in [0.2, 0.25) is 0 Å². The predicted molar refractivity (Wildman–Crippen MR) is 70.6 cm³/mol. The highest BCUT2D eigenvalue weighted by atomic mass is 16.5. The van der Waals surface area contributed by atoms with Gasteiger partial charge in [-0.25, -0.2) is 0 Å². The first-order valence-corrected chi connectivity index (χ1v) is 5.72. The molecule has 3 N–H and O–H groups in total. The molecule has 19 heavy (non-hydrogen) atoms. The van der Waals surface area contributed by atoms with Crippen LogP contribution in [0.1, 0.15) is 16.1 Å². The number of aromatic nitrogens is 2. The molecule has 0 aliphatic carbocycles. The number of hydrogen-bond acceptors (Lipinski definition) is 5. The Balaban J connectivity index is 1.96. The van der Waals surface area contributed by atoms with E-state index in [4.69, 9.17) is 10.5 Å². The molecule has 1 amide bonds. The van der Waals surface area contributed by atoms with E-state index in [1.54, 1.807) is 24.3 Å². The molecule has 1 aromatic heterocycles. The molecule has 98 valence electrons. The summed E-state index contributed by atoms with van der Waals surface area (Å²) in [4.78, 5) is 11.3. The Morgan fingerprint density at radius 2 is 1.95 bits per heavy atom. The molecule has 0 saturated heterocycles. The minimum Gasteiger partial charge on any atom is -0.472 e. The van der Waals surface area contributed by atoms with Crippen molar-refractivity contribution in [2.75, 3.05) is 12.8 Å². The maximum absolute atomic E-state index is 11.3. The van der Waals surface area contributed by atoms with Crippen LogP contribution in [0, 0.1) is 0 Å². The lowest BCUT2D eigenvalue weighted by Crippen LogP contribution is -2.19. The van der Waals surface area contributed by atoms with Crippen LogP contribution < -0.4 is 15.8 Å². The van der Waals surface area contributed by atoms with Gasteiger partial charge in [-0.2, -0.15) is 0 Å². The lowest BCUT2D eigenvalue weighted by atomic mass is 10.2. The Bertz CT molecular complexity index is 552. The van der Waals surface area contributed by atoms with Crippen LogP contribution in [-0.4, -0.2) is 23.2 Å². The Kier molecular flexibility index (Phi) is 3.92. The van der Waals surface area contributed by atoms with Crippen molar-refractivity contribution in [1.29, 1.82) is 0 Å². The number of nitrogens with two attached hydrogens (primary N) is 1. The Morgan fingerprint density at radius 3 is 2.53 bits per heavy atom. The van der Waals surface area contributed by atoms with Crippen molar-refractivity contribution in [3.63, 3.8) is 0 Å². The predicted octanol–water partition coefficient (Wildman–Crippen LogP) is 0.997. The normalized spacial score (nSPS) is 9.95. The molecular weight excluding hydrogens is 244 g/mol. The summed E-state index contributed by atoms with van der Waals surface area (Å²) in [5.41, 5.74) is 7.53. The van der Waals surface area contributed by atoms with Crippen molar-refractivity contribution in [1.82, 2.24) is 15.5 Å². The smallest absolute Gasteiger partial charge is 0.271 e. The van der Waals surface area contributed by atoms with E-state index < -0.39 is 0 Å². The average Bonchev–Trinajstić information content (AvgIpc) is 2.46. The lowest BCUT2D eigenvalue weighted by molar-refractivity contribution is 0.0957. The van der Waals surface area contributed by atoms with Crippen molar-refractivity contribution in [2.45, 2.75) is 6.61 Å². The highest BCUT2D eigenvalue weighted by Crippen LogP contribution is 2.10. The first kappa shape index (κ1) is 12.8. The summed E-state index contributed by atoms with van der Waals surface area (Å²) in [6, 6.07) is 10.5. The average molecular weight is 258 g/mol. The summed E-state index contributed by atoms with van der Waals surface area (Å²) in [5, 5.41) is 10.1. The molecule has 6 heteroatoms. The maximum atomic E-state index is 11.3. The highest BCUT2D eigenvalue weighted by molar-refractivity contribution is 5.91. The van der Waals surface area contributed by atoms with Gasteiger partial charge < -0.3 is 15.8 Å². The van der Waals surface area contributed by atoms with Crippen molar-refractivity contribution < 1.29 is 9.53 Å². The second-order valence-corrected chi connectivity index (χ2v) is 3.87. The summed E-state index contributed by atoms with van der Waals surface area (Å²) in [7, 11) is 1.54. The Hall–Kier alpha value is -2.63. The van der Waals surface area contributed by atoms with Crippen LogP contribution in [0.15, 0.2) is 36.4 Å². The SMILES string of the molecule is CNC(=O)c1ccc(OCc2ccc(N)cc2)nn1. The van der Waals surface area contributed by atoms with Crippen LogP contribution in [0.25, 0.3) is 0 Å². The zero-order chi connectivity index (χ0) is 13.7. The zero-order valence-electron chi connectivity index (χ0n) is 10.5. The number of hydrogen-bond donors (Lipinski definition) is 2. The minimum atomic E-state index is -0.280. The van der Waals surface area contributed by atoms with Crippen LogP contribution in [0.3, 0.4) is 0 Å². The van der Waals surface area contributed by atoms with Gasteiger partial charge in [0.1, 0.15) is 6.61 Å². The molecule has 1 heterocycles. The van der Waals surface area contributed by atoms with Crippen LogP contribution in [0.5, 0.6) is 5.88 Å². The third-order valence-electron chi connectivity index (χ3n) is 2.47. The number of nitrogens with one attached hydrogen (secondary N) is 1. The number of carbonyl (C=O) groups is 1. The van der Waals surface area contributed by atoms with Gasteiger partial charge in [0.15, 0.2) is 5.69 Å². The quantitative estimate of drug-likeness (QED) is 0.798. The standard InChI is InChI=1S/C13H14N4O2/c1-15-13(18)11-6-7-12(17-16-11)19-8-9-2-4-10(14)5-3-9/h2-7H,8,14H2,1H3,(H,15,18). The van der Waals surface area contributed by atoms with Crippen molar-refractivity contribution in [3.05, 3.63) is 47.7 Å². The molecule has 1 aromatic carbocycles. The molecule has 0 fully saturated rings. The van der Waals surface area contributed by atoms with Gasteiger partial charge in [-0.3, -0.25) is 4.79 Å². The fourth-order valence-electron chi connectivity index (χ4n) is 1.42. The number of rotatable bonds is 4. The second kappa shape index (κ2) is 5.81. The van der Waals surface area contributed by atoms with Crippen molar-refractivity contribution >= 4 is 11.6 Å². The first-order valence-electron chi connectivity index (χ1n) is 5.72. The number of nitrogen functional groups attached to an aromatic ring is 1. The lowest BCUT2D eigenvalue weighted by Gasteiger charge is -2.05. The van der Waals surface area contributed by atoms with E-state index in [2.05, 4.69) is 15.5 Å². The van der Waals surface area contributed by atoms with Gasteiger partial charge in [-0.15, -0.1) is 10.2 Å². The summed E-state index contributed by atoms with van der Waals surface area (Å²) in [6.07, 6.45) is 0. The Labute approximate surface area is 110 Å². The van der Waals surface area contributed by atoms with Gasteiger partial charge in [-0.05, 0) is 23.8 Å². The first-order chi connectivity index (χ1) is 9.19. The number of benzene rings is 1. The summed E-state index contributed by atoms with van der Waals surface area (Å²) < 4.78 is 5.45. The molecule has 6 nitrogen and oxygen atoms in total. The van der Waals surface area contributed by atoms with E-state index in [1.807, 2.05) is 12.1 Å². The fourth-order valence-corrected chi connectivity index (χ4v) is 1.42.